The molecule has 4 nitrogen and oxygen atoms in total. The van der Waals surface area contributed by atoms with Crippen LogP contribution in [0.2, 0.25) is 0 Å². The highest BCUT2D eigenvalue weighted by Crippen LogP contribution is 2.27. The van der Waals surface area contributed by atoms with Gasteiger partial charge in [-0.25, -0.2) is 4.39 Å². The van der Waals surface area contributed by atoms with Crippen LogP contribution in [0.5, 0.6) is 0 Å². The third kappa shape index (κ3) is 4.70. The topological polar surface area (TPSA) is 45.2 Å². The summed E-state index contributed by atoms with van der Waals surface area (Å²) in [4.78, 5) is 20.1. The number of pyridine rings is 1. The maximum atomic E-state index is 14.7. The number of nitrogens with one attached hydrogen (secondary N) is 1. The molecule has 1 aliphatic rings. The van der Waals surface area contributed by atoms with Crippen LogP contribution >= 0.6 is 0 Å². The number of nitrogens with zero attached hydrogens (tertiary/aromatic N) is 2. The minimum Gasteiger partial charge on any atom is -0.322 e. The molecule has 1 saturated heterocycles. The molecule has 1 N–H and O–H groups in total. The molecule has 5 rings (SSSR count). The molecule has 0 saturated carbocycles. The molecule has 0 aliphatic carbocycles. The molecule has 1 aliphatic heterocycles. The van der Waals surface area contributed by atoms with Crippen molar-refractivity contribution < 1.29 is 9.18 Å². The second-order valence-corrected chi connectivity index (χ2v) is 9.00. The highest BCUT2D eigenvalue weighted by atomic mass is 19.1. The summed E-state index contributed by atoms with van der Waals surface area (Å²) in [6.45, 7) is 5.17. The van der Waals surface area contributed by atoms with Gasteiger partial charge in [-0.3, -0.25) is 14.7 Å². The Labute approximate surface area is 199 Å². The van der Waals surface area contributed by atoms with Crippen LogP contribution in [0.3, 0.4) is 0 Å². The molecule has 3 aromatic carbocycles. The van der Waals surface area contributed by atoms with Crippen LogP contribution in [0.1, 0.15) is 40.7 Å². The van der Waals surface area contributed by atoms with E-state index in [4.69, 9.17) is 4.98 Å². The van der Waals surface area contributed by atoms with Crippen molar-refractivity contribution in [3.63, 3.8) is 0 Å². The molecule has 0 unspecified atom stereocenters. The van der Waals surface area contributed by atoms with Gasteiger partial charge in [0.15, 0.2) is 0 Å². The lowest BCUT2D eigenvalue weighted by Crippen LogP contribution is -2.29. The van der Waals surface area contributed by atoms with E-state index in [2.05, 4.69) is 16.3 Å². The maximum Gasteiger partial charge on any atom is 0.255 e. The Morgan fingerprint density at radius 1 is 1.00 bits per heavy atom. The van der Waals surface area contributed by atoms with Crippen LogP contribution in [0.4, 0.5) is 10.1 Å². The number of anilines is 1. The number of likely N-dealkylation sites (tertiary alicyclic amines) is 1. The van der Waals surface area contributed by atoms with E-state index in [1.54, 1.807) is 12.1 Å². The molecule has 5 heteroatoms. The molecule has 1 fully saturated rings. The van der Waals surface area contributed by atoms with E-state index < -0.39 is 5.82 Å². The average molecular weight is 454 g/mol. The molecular weight excluding hydrogens is 425 g/mol. The van der Waals surface area contributed by atoms with Crippen LogP contribution in [0.15, 0.2) is 72.9 Å². The zero-order chi connectivity index (χ0) is 23.5. The summed E-state index contributed by atoms with van der Waals surface area (Å²) in [5, 5.41) is 3.99. The maximum absolute atomic E-state index is 14.7. The van der Waals surface area contributed by atoms with Gasteiger partial charge in [0.2, 0.25) is 0 Å². The van der Waals surface area contributed by atoms with Gasteiger partial charge in [0.05, 0.1) is 5.52 Å². The van der Waals surface area contributed by atoms with Crippen molar-refractivity contribution in [2.75, 3.05) is 18.4 Å². The van der Waals surface area contributed by atoms with Gasteiger partial charge in [-0.05, 0) is 73.8 Å². The number of amides is 1. The lowest BCUT2D eigenvalue weighted by Gasteiger charge is -2.26. The van der Waals surface area contributed by atoms with Crippen molar-refractivity contribution in [1.29, 1.82) is 0 Å². The van der Waals surface area contributed by atoms with Crippen LogP contribution in [-0.4, -0.2) is 28.9 Å². The molecule has 34 heavy (non-hydrogen) atoms. The summed E-state index contributed by atoms with van der Waals surface area (Å²) in [5.74, 6) is -0.764. The van der Waals surface area contributed by atoms with E-state index in [0.29, 0.717) is 11.3 Å². The molecule has 4 aromatic rings. The molecule has 0 spiro atoms. The predicted octanol–water partition coefficient (Wildman–Crippen LogP) is 6.59. The smallest absolute Gasteiger partial charge is 0.255 e. The minimum absolute atomic E-state index is 0.279. The summed E-state index contributed by atoms with van der Waals surface area (Å²) in [7, 11) is 0. The third-order valence-electron chi connectivity index (χ3n) is 6.58. The van der Waals surface area contributed by atoms with Gasteiger partial charge in [-0.15, -0.1) is 0 Å². The highest BCUT2D eigenvalue weighted by molar-refractivity contribution is 6.06. The first-order valence-corrected chi connectivity index (χ1v) is 11.9. The standard InChI is InChI=1S/C29H28FN3O/c1-20-27(13-11-23-16-21(18-31-28(20)23)19-33-14-6-3-7-15-33)32-29(34)24-10-12-25(26(30)17-24)22-8-4-2-5-9-22/h2,4-5,8-13,16-18H,3,6-7,14-15,19H2,1H3,(H,32,34). The quantitative estimate of drug-likeness (QED) is 0.371. The molecule has 1 amide bonds. The minimum atomic E-state index is -0.419. The van der Waals surface area contributed by atoms with Crippen molar-refractivity contribution in [2.24, 2.45) is 0 Å². The fraction of sp³-hybridized carbons (Fsp3) is 0.241. The van der Waals surface area contributed by atoms with Gasteiger partial charge in [-0.1, -0.05) is 48.9 Å². The first-order chi connectivity index (χ1) is 16.6. The van der Waals surface area contributed by atoms with Crippen molar-refractivity contribution in [2.45, 2.75) is 32.7 Å². The first-order valence-electron chi connectivity index (χ1n) is 11.9. The lowest BCUT2D eigenvalue weighted by molar-refractivity contribution is 0.102. The largest absolute Gasteiger partial charge is 0.322 e. The monoisotopic (exact) mass is 453 g/mol. The number of hydrogen-bond donors (Lipinski definition) is 1. The Bertz CT molecular complexity index is 1330. The normalized spacial score (nSPS) is 14.3. The van der Waals surface area contributed by atoms with Crippen LogP contribution in [-0.2, 0) is 6.54 Å². The van der Waals surface area contributed by atoms with E-state index in [9.17, 15) is 9.18 Å². The van der Waals surface area contributed by atoms with Gasteiger partial charge in [0.1, 0.15) is 5.82 Å². The van der Waals surface area contributed by atoms with Crippen LogP contribution in [0, 0.1) is 12.7 Å². The summed E-state index contributed by atoms with van der Waals surface area (Å²) in [6.07, 6.45) is 5.79. The van der Waals surface area contributed by atoms with Crippen molar-refractivity contribution in [3.05, 3.63) is 95.4 Å². The zero-order valence-electron chi connectivity index (χ0n) is 19.4. The van der Waals surface area contributed by atoms with Gasteiger partial charge in [0.25, 0.3) is 5.91 Å². The Balaban J connectivity index is 1.34. The Morgan fingerprint density at radius 2 is 1.79 bits per heavy atom. The highest BCUT2D eigenvalue weighted by Gasteiger charge is 2.15. The Kier molecular flexibility index (Phi) is 6.37. The predicted molar refractivity (Wildman–Crippen MR) is 135 cm³/mol. The number of hydrogen-bond acceptors (Lipinski definition) is 3. The average Bonchev–Trinajstić information content (AvgIpc) is 2.87. The summed E-state index contributed by atoms with van der Waals surface area (Å²) in [6, 6.07) is 20.0. The van der Waals surface area contributed by atoms with Crippen molar-refractivity contribution >= 4 is 22.5 Å². The van der Waals surface area contributed by atoms with Crippen molar-refractivity contribution in [1.82, 2.24) is 9.88 Å². The van der Waals surface area contributed by atoms with Gasteiger partial charge < -0.3 is 5.32 Å². The summed E-state index contributed by atoms with van der Waals surface area (Å²) in [5.41, 5.74) is 5.19. The molecule has 0 bridgehead atoms. The van der Waals surface area contributed by atoms with Gasteiger partial charge >= 0.3 is 0 Å². The molecule has 0 atom stereocenters. The number of halogens is 1. The van der Waals surface area contributed by atoms with E-state index in [1.165, 1.54) is 30.9 Å². The Morgan fingerprint density at radius 3 is 2.56 bits per heavy atom. The number of piperidine rings is 1. The van der Waals surface area contributed by atoms with E-state index in [-0.39, 0.29) is 11.5 Å². The fourth-order valence-electron chi connectivity index (χ4n) is 4.69. The SMILES string of the molecule is Cc1c(NC(=O)c2ccc(-c3ccccc3)c(F)c2)ccc2cc(CN3CCCCC3)cnc12. The molecule has 172 valence electrons. The Hall–Kier alpha value is -3.57. The number of benzene rings is 3. The number of carbonyl (C=O) groups is 1. The van der Waals surface area contributed by atoms with E-state index in [1.807, 2.05) is 55.6 Å². The number of rotatable bonds is 5. The number of carbonyl (C=O) groups excluding carboxylic acids is 1. The lowest BCUT2D eigenvalue weighted by atomic mass is 10.0. The fourth-order valence-corrected chi connectivity index (χ4v) is 4.69. The second-order valence-electron chi connectivity index (χ2n) is 9.00. The van der Waals surface area contributed by atoms with E-state index >= 15 is 0 Å². The molecule has 0 radical (unpaired) electrons. The van der Waals surface area contributed by atoms with Crippen LogP contribution in [0.25, 0.3) is 22.0 Å². The summed E-state index contributed by atoms with van der Waals surface area (Å²) < 4.78 is 14.7. The number of aryl methyl sites for hydroxylation is 1. The molecule has 2 heterocycles. The van der Waals surface area contributed by atoms with E-state index in [0.717, 1.165) is 41.7 Å². The number of fused-ring (bicyclic) bond motifs is 1. The van der Waals surface area contributed by atoms with Crippen LogP contribution < -0.4 is 5.32 Å². The molecular formula is C29H28FN3O. The van der Waals surface area contributed by atoms with Gasteiger partial charge in [-0.2, -0.15) is 0 Å². The summed E-state index contributed by atoms with van der Waals surface area (Å²) >= 11 is 0. The number of aromatic nitrogens is 1. The first kappa shape index (κ1) is 22.2. The molecule has 1 aromatic heterocycles. The van der Waals surface area contributed by atoms with Gasteiger partial charge in [0, 0.05) is 34.9 Å². The third-order valence-corrected chi connectivity index (χ3v) is 6.58. The van der Waals surface area contributed by atoms with Crippen molar-refractivity contribution in [3.8, 4) is 11.1 Å². The zero-order valence-corrected chi connectivity index (χ0v) is 19.4. The second kappa shape index (κ2) is 9.74.